The number of aryl methyl sites for hydroxylation is 1. The Labute approximate surface area is 176 Å². The van der Waals surface area contributed by atoms with Gasteiger partial charge in [0.05, 0.1) is 12.8 Å². The number of aliphatic carboxylic acids is 1. The number of carbonyl (C=O) groups is 1. The smallest absolute Gasteiger partial charge is 0.325 e. The number of aromatic nitrogens is 2. The molecule has 7 nitrogen and oxygen atoms in total. The maximum atomic E-state index is 12.2. The van der Waals surface area contributed by atoms with Crippen molar-refractivity contribution >= 4 is 16.9 Å². The van der Waals surface area contributed by atoms with E-state index in [-0.39, 0.29) is 0 Å². The van der Waals surface area contributed by atoms with Gasteiger partial charge < -0.3 is 14.8 Å². The number of piperazine rings is 1. The van der Waals surface area contributed by atoms with E-state index in [1.54, 1.807) is 7.11 Å². The summed E-state index contributed by atoms with van der Waals surface area (Å²) in [4.78, 5) is 24.4. The molecule has 1 aromatic carbocycles. The highest BCUT2D eigenvalue weighted by Gasteiger charge is 2.32. The fourth-order valence-corrected chi connectivity index (χ4v) is 4.43. The van der Waals surface area contributed by atoms with Crippen LogP contribution in [0.1, 0.15) is 28.4 Å². The lowest BCUT2D eigenvalue weighted by Crippen LogP contribution is -2.49. The van der Waals surface area contributed by atoms with E-state index in [0.717, 1.165) is 58.7 Å². The second-order valence-corrected chi connectivity index (χ2v) is 7.89. The number of carboxylic acid groups (broad SMARTS) is 1. The first kappa shape index (κ1) is 20.4. The van der Waals surface area contributed by atoms with Crippen LogP contribution >= 0.6 is 0 Å². The molecule has 0 aliphatic carbocycles. The van der Waals surface area contributed by atoms with Gasteiger partial charge in [0.25, 0.3) is 0 Å². The molecule has 0 saturated carbocycles. The van der Waals surface area contributed by atoms with Crippen LogP contribution in [0.4, 0.5) is 0 Å². The number of benzene rings is 1. The first-order chi connectivity index (χ1) is 14.5. The van der Waals surface area contributed by atoms with Crippen molar-refractivity contribution in [3.63, 3.8) is 0 Å². The molecule has 0 radical (unpaired) electrons. The van der Waals surface area contributed by atoms with Gasteiger partial charge in [0, 0.05) is 72.7 Å². The average Bonchev–Trinajstić information content (AvgIpc) is 3.15. The van der Waals surface area contributed by atoms with E-state index in [4.69, 9.17) is 4.74 Å². The molecule has 1 atom stereocenters. The number of hydrogen-bond donors (Lipinski definition) is 2. The quantitative estimate of drug-likeness (QED) is 0.652. The van der Waals surface area contributed by atoms with E-state index in [2.05, 4.69) is 19.8 Å². The summed E-state index contributed by atoms with van der Waals surface area (Å²) in [5, 5.41) is 11.0. The Morgan fingerprint density at radius 3 is 2.67 bits per heavy atom. The van der Waals surface area contributed by atoms with Gasteiger partial charge in [-0.3, -0.25) is 19.6 Å². The number of hydrogen-bond acceptors (Lipinski definition) is 5. The third kappa shape index (κ3) is 3.78. The Balaban J connectivity index is 1.48. The molecule has 0 bridgehead atoms. The Bertz CT molecular complexity index is 1050. The van der Waals surface area contributed by atoms with Crippen LogP contribution in [-0.2, 0) is 11.3 Å². The number of H-pyrrole nitrogens is 1. The lowest BCUT2D eigenvalue weighted by molar-refractivity contribution is -0.144. The molecule has 2 aromatic heterocycles. The molecule has 1 saturated heterocycles. The van der Waals surface area contributed by atoms with Crippen LogP contribution in [0.15, 0.2) is 36.7 Å². The molecule has 3 heterocycles. The maximum Gasteiger partial charge on any atom is 0.325 e. The summed E-state index contributed by atoms with van der Waals surface area (Å²) in [6.45, 7) is 7.76. The van der Waals surface area contributed by atoms with Crippen LogP contribution in [0.25, 0.3) is 10.9 Å². The highest BCUT2D eigenvalue weighted by molar-refractivity contribution is 5.89. The zero-order chi connectivity index (χ0) is 21.3. The predicted molar refractivity (Wildman–Crippen MR) is 116 cm³/mol. The van der Waals surface area contributed by atoms with Crippen molar-refractivity contribution in [2.45, 2.75) is 26.4 Å². The first-order valence-corrected chi connectivity index (χ1v) is 10.2. The number of aromatic amines is 1. The lowest BCUT2D eigenvalue weighted by atomic mass is 10.0. The molecule has 4 rings (SSSR count). The van der Waals surface area contributed by atoms with E-state index in [1.165, 1.54) is 0 Å². The number of nitrogens with zero attached hydrogens (tertiary/aromatic N) is 3. The summed E-state index contributed by atoms with van der Waals surface area (Å²) in [5.41, 5.74) is 4.91. The van der Waals surface area contributed by atoms with Crippen molar-refractivity contribution in [3.8, 4) is 5.75 Å². The van der Waals surface area contributed by atoms with Crippen molar-refractivity contribution in [1.29, 1.82) is 0 Å². The summed E-state index contributed by atoms with van der Waals surface area (Å²) in [6.07, 6.45) is 3.69. The second kappa shape index (κ2) is 8.45. The minimum atomic E-state index is -0.811. The van der Waals surface area contributed by atoms with Crippen molar-refractivity contribution in [3.05, 3.63) is 59.0 Å². The topological polar surface area (TPSA) is 81.7 Å². The molecule has 0 spiro atoms. The number of para-hydroxylation sites is 1. The minimum absolute atomic E-state index is 0.650. The van der Waals surface area contributed by atoms with Crippen molar-refractivity contribution < 1.29 is 14.6 Å². The van der Waals surface area contributed by atoms with Gasteiger partial charge in [-0.05, 0) is 19.9 Å². The van der Waals surface area contributed by atoms with Gasteiger partial charge in [0.2, 0.25) is 0 Å². The zero-order valence-corrected chi connectivity index (χ0v) is 17.7. The fourth-order valence-electron chi connectivity index (χ4n) is 4.43. The summed E-state index contributed by atoms with van der Waals surface area (Å²) in [6, 6.07) is 7.20. The molecule has 158 valence electrons. The van der Waals surface area contributed by atoms with E-state index < -0.39 is 12.0 Å². The fraction of sp³-hybridized carbons (Fsp3) is 0.391. The van der Waals surface area contributed by atoms with E-state index in [9.17, 15) is 9.90 Å². The van der Waals surface area contributed by atoms with E-state index in [1.807, 2.05) is 50.5 Å². The van der Waals surface area contributed by atoms with Gasteiger partial charge in [0.1, 0.15) is 11.8 Å². The third-order valence-corrected chi connectivity index (χ3v) is 6.04. The number of pyridine rings is 1. The minimum Gasteiger partial charge on any atom is -0.496 e. The van der Waals surface area contributed by atoms with Crippen molar-refractivity contribution in [2.75, 3.05) is 33.3 Å². The van der Waals surface area contributed by atoms with Gasteiger partial charge in [-0.15, -0.1) is 0 Å². The van der Waals surface area contributed by atoms with Crippen molar-refractivity contribution in [1.82, 2.24) is 19.8 Å². The largest absolute Gasteiger partial charge is 0.496 e. The van der Waals surface area contributed by atoms with Crippen LogP contribution in [0, 0.1) is 13.8 Å². The van der Waals surface area contributed by atoms with Gasteiger partial charge in [-0.25, -0.2) is 0 Å². The molecule has 0 unspecified atom stereocenters. The number of methoxy groups -OCH3 is 1. The average molecular weight is 409 g/mol. The normalized spacial score (nSPS) is 16.6. The molecule has 3 aromatic rings. The van der Waals surface area contributed by atoms with Gasteiger partial charge in [0.15, 0.2) is 0 Å². The summed E-state index contributed by atoms with van der Waals surface area (Å²) in [5.74, 6) is 0.0814. The summed E-state index contributed by atoms with van der Waals surface area (Å²) in [7, 11) is 1.69. The summed E-state index contributed by atoms with van der Waals surface area (Å²) >= 11 is 0. The van der Waals surface area contributed by atoms with Crippen LogP contribution in [0.3, 0.4) is 0 Å². The molecule has 2 N–H and O–H groups in total. The number of rotatable bonds is 6. The SMILES string of the molecule is COc1c(C)cnc(CN2CCN([C@H](C(=O)O)c3c[nH]c4ccccc34)CC2)c1C. The molecular weight excluding hydrogens is 380 g/mol. The number of nitrogens with one attached hydrogen (secondary N) is 1. The van der Waals surface area contributed by atoms with Crippen LogP contribution < -0.4 is 4.74 Å². The Hall–Kier alpha value is -2.90. The van der Waals surface area contributed by atoms with Gasteiger partial charge in [-0.1, -0.05) is 18.2 Å². The molecule has 0 amide bonds. The molecule has 7 heteroatoms. The maximum absolute atomic E-state index is 12.2. The number of fused-ring (bicyclic) bond motifs is 1. The summed E-state index contributed by atoms with van der Waals surface area (Å²) < 4.78 is 5.52. The highest BCUT2D eigenvalue weighted by atomic mass is 16.5. The van der Waals surface area contributed by atoms with E-state index in [0.29, 0.717) is 13.1 Å². The van der Waals surface area contributed by atoms with Crippen molar-refractivity contribution in [2.24, 2.45) is 0 Å². The van der Waals surface area contributed by atoms with Crippen LogP contribution in [-0.4, -0.2) is 64.1 Å². The molecular formula is C23H28N4O3. The standard InChI is InChI=1S/C23H28N4O3/c1-15-12-24-20(16(2)22(15)30-3)14-26-8-10-27(11-9-26)21(23(28)29)18-13-25-19-7-5-4-6-17(18)19/h4-7,12-13,21,25H,8-11,14H2,1-3H3,(H,28,29)/t21-/m0/s1. The first-order valence-electron chi connectivity index (χ1n) is 10.2. The Morgan fingerprint density at radius 1 is 1.23 bits per heavy atom. The molecule has 1 aliphatic rings. The zero-order valence-electron chi connectivity index (χ0n) is 17.7. The predicted octanol–water partition coefficient (Wildman–Crippen LogP) is 3.13. The highest BCUT2D eigenvalue weighted by Crippen LogP contribution is 2.30. The third-order valence-electron chi connectivity index (χ3n) is 6.04. The van der Waals surface area contributed by atoms with Gasteiger partial charge >= 0.3 is 5.97 Å². The number of ether oxygens (including phenoxy) is 1. The molecule has 30 heavy (non-hydrogen) atoms. The van der Waals surface area contributed by atoms with E-state index >= 15 is 0 Å². The van der Waals surface area contributed by atoms with Crippen LogP contribution in [0.5, 0.6) is 5.75 Å². The van der Waals surface area contributed by atoms with Gasteiger partial charge in [-0.2, -0.15) is 0 Å². The lowest BCUT2D eigenvalue weighted by Gasteiger charge is -2.37. The molecule has 1 fully saturated rings. The monoisotopic (exact) mass is 408 g/mol. The Kier molecular flexibility index (Phi) is 5.74. The van der Waals surface area contributed by atoms with Crippen LogP contribution in [0.2, 0.25) is 0 Å². The second-order valence-electron chi connectivity index (χ2n) is 7.89. The molecule has 1 aliphatic heterocycles. The Morgan fingerprint density at radius 2 is 1.97 bits per heavy atom. The number of carboxylic acids is 1.